The number of carbonyl (C=O) groups is 1. The summed E-state index contributed by atoms with van der Waals surface area (Å²) in [5.74, 6) is -0.281. The predicted octanol–water partition coefficient (Wildman–Crippen LogP) is 5.20. The monoisotopic (exact) mass is 431 g/mol. The van der Waals surface area contributed by atoms with Gasteiger partial charge in [-0.3, -0.25) is 4.79 Å². The number of hydrogen-bond donors (Lipinski definition) is 2. The van der Waals surface area contributed by atoms with E-state index < -0.39 is 11.8 Å². The van der Waals surface area contributed by atoms with Crippen LogP contribution in [0.2, 0.25) is 0 Å². The molecule has 0 aliphatic heterocycles. The minimum atomic E-state index is -0.587. The van der Waals surface area contributed by atoms with E-state index >= 15 is 0 Å². The van der Waals surface area contributed by atoms with Gasteiger partial charge in [-0.15, -0.1) is 0 Å². The van der Waals surface area contributed by atoms with Gasteiger partial charge in [-0.25, -0.2) is 9.18 Å². The molecule has 7 heteroatoms. The Balaban J connectivity index is 1.94. The number of urea groups is 1. The van der Waals surface area contributed by atoms with Crippen LogP contribution in [-0.4, -0.2) is 10.6 Å². The third-order valence-corrected chi connectivity index (χ3v) is 4.48. The van der Waals surface area contributed by atoms with Gasteiger partial charge in [-0.2, -0.15) is 0 Å². The summed E-state index contributed by atoms with van der Waals surface area (Å²) in [6.45, 7) is 4.55. The van der Waals surface area contributed by atoms with Crippen LogP contribution in [0.15, 0.2) is 57.9 Å². The van der Waals surface area contributed by atoms with Crippen molar-refractivity contribution in [3.8, 4) is 0 Å². The van der Waals surface area contributed by atoms with E-state index in [9.17, 15) is 14.0 Å². The van der Waals surface area contributed by atoms with Gasteiger partial charge in [-0.1, -0.05) is 48.0 Å². The Labute approximate surface area is 164 Å². The number of fused-ring (bicyclic) bond motifs is 1. The molecule has 140 valence electrons. The molecule has 2 N–H and O–H groups in total. The number of hydrogen-bond acceptors (Lipinski definition) is 2. The van der Waals surface area contributed by atoms with Gasteiger partial charge in [0.25, 0.3) is 5.56 Å². The third kappa shape index (κ3) is 4.36. The molecular weight excluding hydrogens is 413 g/mol. The van der Waals surface area contributed by atoms with Crippen LogP contribution in [0.1, 0.15) is 13.8 Å². The summed E-state index contributed by atoms with van der Waals surface area (Å²) in [4.78, 5) is 25.0. The number of carbonyl (C=O) groups excluding carboxylic acids is 1. The Morgan fingerprint density at radius 3 is 2.44 bits per heavy atom. The Bertz CT molecular complexity index is 1060. The maximum absolute atomic E-state index is 13.9. The second kappa shape index (κ2) is 7.92. The first-order chi connectivity index (χ1) is 12.8. The van der Waals surface area contributed by atoms with Gasteiger partial charge in [-0.05, 0) is 30.2 Å². The molecule has 0 saturated heterocycles. The van der Waals surface area contributed by atoms with E-state index in [1.54, 1.807) is 41.1 Å². The van der Waals surface area contributed by atoms with Crippen molar-refractivity contribution in [2.75, 3.05) is 10.6 Å². The standard InChI is InChI=1S/C20H19BrFN3O2/c1-12(2)10-25-11-18(14-5-3-4-6-15(14)19(25)26)24-20(27)23-17-8-7-13(21)9-16(17)22/h3-9,11-12H,10H2,1-2H3,(H2,23,24,27). The number of nitrogens with one attached hydrogen (secondary N) is 2. The molecule has 0 radical (unpaired) electrons. The number of benzene rings is 2. The highest BCUT2D eigenvalue weighted by atomic mass is 79.9. The van der Waals surface area contributed by atoms with E-state index in [-0.39, 0.29) is 17.2 Å². The maximum Gasteiger partial charge on any atom is 0.323 e. The lowest BCUT2D eigenvalue weighted by atomic mass is 10.1. The van der Waals surface area contributed by atoms with E-state index in [0.717, 1.165) is 0 Å². The molecule has 0 aliphatic rings. The summed E-state index contributed by atoms with van der Waals surface area (Å²) < 4.78 is 16.1. The summed E-state index contributed by atoms with van der Waals surface area (Å²) in [7, 11) is 0. The number of halogens is 2. The topological polar surface area (TPSA) is 63.1 Å². The average Bonchev–Trinajstić information content (AvgIpc) is 2.61. The van der Waals surface area contributed by atoms with Crippen molar-refractivity contribution in [3.63, 3.8) is 0 Å². The van der Waals surface area contributed by atoms with E-state index in [0.29, 0.717) is 27.5 Å². The lowest BCUT2D eigenvalue weighted by Crippen LogP contribution is -2.25. The number of amides is 2. The molecule has 0 bridgehead atoms. The van der Waals surface area contributed by atoms with Gasteiger partial charge < -0.3 is 15.2 Å². The summed E-state index contributed by atoms with van der Waals surface area (Å²) in [5.41, 5.74) is 0.445. The van der Waals surface area contributed by atoms with Gasteiger partial charge in [0.15, 0.2) is 0 Å². The van der Waals surface area contributed by atoms with Crippen LogP contribution in [0.25, 0.3) is 10.8 Å². The minimum absolute atomic E-state index is 0.0653. The zero-order chi connectivity index (χ0) is 19.6. The number of anilines is 2. The molecule has 0 fully saturated rings. The largest absolute Gasteiger partial charge is 0.323 e. The molecule has 0 atom stereocenters. The Morgan fingerprint density at radius 1 is 1.11 bits per heavy atom. The van der Waals surface area contributed by atoms with Crippen molar-refractivity contribution in [3.05, 3.63) is 69.3 Å². The molecule has 2 aromatic carbocycles. The van der Waals surface area contributed by atoms with Crippen LogP contribution >= 0.6 is 15.9 Å². The van der Waals surface area contributed by atoms with E-state index in [2.05, 4.69) is 26.6 Å². The van der Waals surface area contributed by atoms with Gasteiger partial charge in [0.1, 0.15) is 5.82 Å². The normalized spacial score (nSPS) is 11.0. The molecular formula is C20H19BrFN3O2. The lowest BCUT2D eigenvalue weighted by Gasteiger charge is -2.15. The van der Waals surface area contributed by atoms with E-state index in [1.165, 1.54) is 12.1 Å². The van der Waals surface area contributed by atoms with Gasteiger partial charge in [0.05, 0.1) is 11.4 Å². The van der Waals surface area contributed by atoms with Crippen LogP contribution in [0.5, 0.6) is 0 Å². The molecule has 27 heavy (non-hydrogen) atoms. The van der Waals surface area contributed by atoms with Crippen molar-refractivity contribution >= 4 is 44.1 Å². The van der Waals surface area contributed by atoms with Crippen molar-refractivity contribution in [2.24, 2.45) is 5.92 Å². The summed E-state index contributed by atoms with van der Waals surface area (Å²) in [6, 6.07) is 10.9. The zero-order valence-corrected chi connectivity index (χ0v) is 16.5. The number of rotatable bonds is 4. The Morgan fingerprint density at radius 2 is 1.78 bits per heavy atom. The Hall–Kier alpha value is -2.67. The van der Waals surface area contributed by atoms with Gasteiger partial charge >= 0.3 is 6.03 Å². The zero-order valence-electron chi connectivity index (χ0n) is 14.9. The Kier molecular flexibility index (Phi) is 5.60. The third-order valence-electron chi connectivity index (χ3n) is 3.98. The fraction of sp³-hybridized carbons (Fsp3) is 0.200. The molecule has 3 rings (SSSR count). The van der Waals surface area contributed by atoms with E-state index in [1.807, 2.05) is 13.8 Å². The first-order valence-electron chi connectivity index (χ1n) is 8.50. The van der Waals surface area contributed by atoms with Crippen LogP contribution in [-0.2, 0) is 6.54 Å². The molecule has 0 aliphatic carbocycles. The molecule has 0 saturated carbocycles. The van der Waals surface area contributed by atoms with Crippen molar-refractivity contribution in [2.45, 2.75) is 20.4 Å². The van der Waals surface area contributed by atoms with Crippen LogP contribution in [0, 0.1) is 11.7 Å². The maximum atomic E-state index is 13.9. The molecule has 2 amide bonds. The number of pyridine rings is 1. The number of aromatic nitrogens is 1. The van der Waals surface area contributed by atoms with Crippen LogP contribution in [0.4, 0.5) is 20.6 Å². The van der Waals surface area contributed by atoms with Crippen LogP contribution in [0.3, 0.4) is 0 Å². The highest BCUT2D eigenvalue weighted by molar-refractivity contribution is 9.10. The highest BCUT2D eigenvalue weighted by Crippen LogP contribution is 2.23. The molecule has 0 spiro atoms. The average molecular weight is 432 g/mol. The second-order valence-corrected chi connectivity index (χ2v) is 7.56. The highest BCUT2D eigenvalue weighted by Gasteiger charge is 2.13. The molecule has 0 unspecified atom stereocenters. The van der Waals surface area contributed by atoms with Crippen molar-refractivity contribution < 1.29 is 9.18 Å². The molecule has 5 nitrogen and oxygen atoms in total. The fourth-order valence-electron chi connectivity index (χ4n) is 2.84. The van der Waals surface area contributed by atoms with Gasteiger partial charge in [0, 0.05) is 28.0 Å². The summed E-state index contributed by atoms with van der Waals surface area (Å²) in [5, 5.41) is 6.37. The SMILES string of the molecule is CC(C)Cn1cc(NC(=O)Nc2ccc(Br)cc2F)c2ccccc2c1=O. The second-order valence-electron chi connectivity index (χ2n) is 6.64. The smallest absolute Gasteiger partial charge is 0.313 e. The van der Waals surface area contributed by atoms with Crippen LogP contribution < -0.4 is 16.2 Å². The van der Waals surface area contributed by atoms with Gasteiger partial charge in [0.2, 0.25) is 0 Å². The first kappa shape index (κ1) is 19.1. The lowest BCUT2D eigenvalue weighted by molar-refractivity contribution is 0.262. The minimum Gasteiger partial charge on any atom is -0.313 e. The molecule has 1 aromatic heterocycles. The van der Waals surface area contributed by atoms with Crippen molar-refractivity contribution in [1.82, 2.24) is 4.57 Å². The molecule has 3 aromatic rings. The predicted molar refractivity (Wildman–Crippen MR) is 110 cm³/mol. The first-order valence-corrected chi connectivity index (χ1v) is 9.29. The number of nitrogens with zero attached hydrogens (tertiary/aromatic N) is 1. The quantitative estimate of drug-likeness (QED) is 0.595. The van der Waals surface area contributed by atoms with E-state index in [4.69, 9.17) is 0 Å². The fourth-order valence-corrected chi connectivity index (χ4v) is 3.17. The van der Waals surface area contributed by atoms with Crippen molar-refractivity contribution in [1.29, 1.82) is 0 Å². The molecule has 1 heterocycles. The summed E-state index contributed by atoms with van der Waals surface area (Å²) in [6.07, 6.45) is 1.63. The summed E-state index contributed by atoms with van der Waals surface area (Å²) >= 11 is 3.18.